The predicted octanol–water partition coefficient (Wildman–Crippen LogP) is 1.24. The smallest absolute Gasteiger partial charge is 0.313 e. The zero-order valence-electron chi connectivity index (χ0n) is 15.0. The molecule has 0 unspecified atom stereocenters. The molecule has 1 amide bonds. The first kappa shape index (κ1) is 19.4. The van der Waals surface area contributed by atoms with Crippen LogP contribution in [0.2, 0.25) is 0 Å². The topological polar surface area (TPSA) is 81.1 Å². The summed E-state index contributed by atoms with van der Waals surface area (Å²) in [7, 11) is 0. The molecule has 1 saturated heterocycles. The van der Waals surface area contributed by atoms with Gasteiger partial charge in [-0.2, -0.15) is 0 Å². The Bertz CT molecular complexity index is 588. The Labute approximate surface area is 149 Å². The number of hydrogen-bond acceptors (Lipinski definition) is 4. The van der Waals surface area contributed by atoms with Crippen LogP contribution in [0.25, 0.3) is 0 Å². The van der Waals surface area contributed by atoms with Crippen LogP contribution in [0.1, 0.15) is 25.8 Å². The molecular formula is C19H28N2O4. The Morgan fingerprint density at radius 3 is 2.44 bits per heavy atom. The molecule has 6 heteroatoms. The third-order valence-electron chi connectivity index (χ3n) is 5.13. The van der Waals surface area contributed by atoms with Crippen molar-refractivity contribution in [1.29, 1.82) is 0 Å². The van der Waals surface area contributed by atoms with Gasteiger partial charge in [0.25, 0.3) is 0 Å². The van der Waals surface area contributed by atoms with Gasteiger partial charge in [0.2, 0.25) is 5.91 Å². The van der Waals surface area contributed by atoms with Crippen LogP contribution in [-0.2, 0) is 16.0 Å². The van der Waals surface area contributed by atoms with Crippen LogP contribution in [0, 0.1) is 5.41 Å². The summed E-state index contributed by atoms with van der Waals surface area (Å²) >= 11 is 0. The van der Waals surface area contributed by atoms with Gasteiger partial charge in [-0.3, -0.25) is 14.5 Å². The lowest BCUT2D eigenvalue weighted by Crippen LogP contribution is -2.58. The highest BCUT2D eigenvalue weighted by Gasteiger charge is 2.49. The number of likely N-dealkylation sites (tertiary alicyclic amines) is 1. The number of aliphatic hydroxyl groups excluding tert-OH is 1. The van der Waals surface area contributed by atoms with Gasteiger partial charge in [-0.1, -0.05) is 30.3 Å². The first-order chi connectivity index (χ1) is 11.9. The number of aliphatic carboxylic acids is 1. The summed E-state index contributed by atoms with van der Waals surface area (Å²) < 4.78 is 0. The van der Waals surface area contributed by atoms with Crippen LogP contribution in [0.5, 0.6) is 0 Å². The van der Waals surface area contributed by atoms with E-state index < -0.39 is 17.5 Å². The summed E-state index contributed by atoms with van der Waals surface area (Å²) in [4.78, 5) is 28.1. The molecular weight excluding hydrogens is 320 g/mol. The van der Waals surface area contributed by atoms with Crippen LogP contribution in [0.15, 0.2) is 30.3 Å². The zero-order chi connectivity index (χ0) is 18.4. The van der Waals surface area contributed by atoms with Gasteiger partial charge in [0.05, 0.1) is 12.6 Å². The normalized spacial score (nSPS) is 24.0. The second kappa shape index (κ2) is 8.45. The van der Waals surface area contributed by atoms with E-state index in [1.807, 2.05) is 49.1 Å². The minimum absolute atomic E-state index is 0.000361. The van der Waals surface area contributed by atoms with Gasteiger partial charge in [0.1, 0.15) is 5.41 Å². The van der Waals surface area contributed by atoms with Gasteiger partial charge in [0, 0.05) is 26.2 Å². The standard InChI is InChI=1S/C19H28N2O4/c1-3-21(4-2)17(23)13-20-11-10-16(22)19(14-20,18(24)25)12-15-8-6-5-7-9-15/h5-9,16,22H,3-4,10-14H2,1-2H3,(H,24,25)/t16-,19-/m0/s1. The Morgan fingerprint density at radius 2 is 1.88 bits per heavy atom. The zero-order valence-corrected chi connectivity index (χ0v) is 15.0. The molecule has 1 aliphatic heterocycles. The molecule has 2 N–H and O–H groups in total. The monoisotopic (exact) mass is 348 g/mol. The highest BCUT2D eigenvalue weighted by molar-refractivity contribution is 5.79. The summed E-state index contributed by atoms with van der Waals surface area (Å²) in [6.45, 7) is 6.03. The molecule has 1 aromatic rings. The van der Waals surface area contributed by atoms with Crippen LogP contribution >= 0.6 is 0 Å². The molecule has 138 valence electrons. The molecule has 0 bridgehead atoms. The molecule has 0 spiro atoms. The third-order valence-corrected chi connectivity index (χ3v) is 5.13. The molecule has 1 fully saturated rings. The predicted molar refractivity (Wildman–Crippen MR) is 95.2 cm³/mol. The molecule has 6 nitrogen and oxygen atoms in total. The lowest BCUT2D eigenvalue weighted by atomic mass is 9.73. The summed E-state index contributed by atoms with van der Waals surface area (Å²) in [5, 5.41) is 20.4. The first-order valence-corrected chi connectivity index (χ1v) is 8.88. The minimum Gasteiger partial charge on any atom is -0.481 e. The Kier molecular flexibility index (Phi) is 6.56. The van der Waals surface area contributed by atoms with Crippen molar-refractivity contribution in [2.24, 2.45) is 5.41 Å². The van der Waals surface area contributed by atoms with Crippen molar-refractivity contribution in [1.82, 2.24) is 9.80 Å². The number of nitrogens with zero attached hydrogens (tertiary/aromatic N) is 2. The number of benzene rings is 1. The molecule has 2 atom stereocenters. The number of aliphatic hydroxyl groups is 1. The molecule has 0 saturated carbocycles. The molecule has 25 heavy (non-hydrogen) atoms. The van der Waals surface area contributed by atoms with Crippen molar-refractivity contribution in [3.05, 3.63) is 35.9 Å². The number of amides is 1. The van der Waals surface area contributed by atoms with Crippen molar-refractivity contribution >= 4 is 11.9 Å². The van der Waals surface area contributed by atoms with Gasteiger partial charge in [-0.25, -0.2) is 0 Å². The molecule has 0 radical (unpaired) electrons. The maximum Gasteiger partial charge on any atom is 0.313 e. The highest BCUT2D eigenvalue weighted by atomic mass is 16.4. The van der Waals surface area contributed by atoms with Gasteiger partial charge in [-0.05, 0) is 32.3 Å². The summed E-state index contributed by atoms with van der Waals surface area (Å²) in [5.41, 5.74) is -0.413. The lowest BCUT2D eigenvalue weighted by Gasteiger charge is -2.43. The maximum atomic E-state index is 12.4. The molecule has 0 aromatic heterocycles. The second-order valence-corrected chi connectivity index (χ2v) is 6.70. The van der Waals surface area contributed by atoms with E-state index >= 15 is 0 Å². The van der Waals surface area contributed by atoms with E-state index in [4.69, 9.17) is 0 Å². The van der Waals surface area contributed by atoms with Gasteiger partial charge in [0.15, 0.2) is 0 Å². The molecule has 2 rings (SSSR count). The van der Waals surface area contributed by atoms with Crippen molar-refractivity contribution in [2.75, 3.05) is 32.7 Å². The average molecular weight is 348 g/mol. The largest absolute Gasteiger partial charge is 0.481 e. The van der Waals surface area contributed by atoms with E-state index in [2.05, 4.69) is 0 Å². The van der Waals surface area contributed by atoms with Crippen LogP contribution in [-0.4, -0.2) is 70.7 Å². The number of piperidine rings is 1. The van der Waals surface area contributed by atoms with E-state index in [1.54, 1.807) is 4.90 Å². The number of likely N-dealkylation sites (N-methyl/N-ethyl adjacent to an activating group) is 1. The second-order valence-electron chi connectivity index (χ2n) is 6.70. The molecule has 1 heterocycles. The first-order valence-electron chi connectivity index (χ1n) is 8.88. The SMILES string of the molecule is CCN(CC)C(=O)CN1CC[C@H](O)[C@@](Cc2ccccc2)(C(=O)O)C1. The van der Waals surface area contributed by atoms with E-state index in [0.717, 1.165) is 5.56 Å². The third kappa shape index (κ3) is 4.38. The number of rotatable bonds is 7. The fraction of sp³-hybridized carbons (Fsp3) is 0.579. The summed E-state index contributed by atoms with van der Waals surface area (Å²) in [5.74, 6) is -1.01. The van der Waals surface area contributed by atoms with Gasteiger partial charge < -0.3 is 15.1 Å². The quantitative estimate of drug-likeness (QED) is 0.775. The summed E-state index contributed by atoms with van der Waals surface area (Å²) in [6.07, 6.45) is -0.324. The van der Waals surface area contributed by atoms with Crippen LogP contribution < -0.4 is 0 Å². The van der Waals surface area contributed by atoms with E-state index in [-0.39, 0.29) is 25.4 Å². The number of carboxylic acid groups (broad SMARTS) is 1. The van der Waals surface area contributed by atoms with Crippen LogP contribution in [0.4, 0.5) is 0 Å². The Balaban J connectivity index is 2.17. The van der Waals surface area contributed by atoms with E-state index in [0.29, 0.717) is 26.1 Å². The average Bonchev–Trinajstić information content (AvgIpc) is 2.59. The number of carboxylic acids is 1. The Hall–Kier alpha value is -1.92. The van der Waals surface area contributed by atoms with E-state index in [9.17, 15) is 19.8 Å². The van der Waals surface area contributed by atoms with Gasteiger partial charge in [-0.15, -0.1) is 0 Å². The highest BCUT2D eigenvalue weighted by Crippen LogP contribution is 2.34. The van der Waals surface area contributed by atoms with E-state index in [1.165, 1.54) is 0 Å². The molecule has 1 aromatic carbocycles. The molecule has 1 aliphatic rings. The van der Waals surface area contributed by atoms with Crippen molar-refractivity contribution in [3.63, 3.8) is 0 Å². The van der Waals surface area contributed by atoms with Crippen molar-refractivity contribution in [3.8, 4) is 0 Å². The fourth-order valence-electron chi connectivity index (χ4n) is 3.59. The van der Waals surface area contributed by atoms with Gasteiger partial charge >= 0.3 is 5.97 Å². The van der Waals surface area contributed by atoms with Crippen molar-refractivity contribution < 1.29 is 19.8 Å². The Morgan fingerprint density at radius 1 is 1.24 bits per heavy atom. The number of hydrogen-bond donors (Lipinski definition) is 2. The fourth-order valence-corrected chi connectivity index (χ4v) is 3.59. The number of carbonyl (C=O) groups is 2. The minimum atomic E-state index is -1.29. The molecule has 0 aliphatic carbocycles. The number of carbonyl (C=O) groups excluding carboxylic acids is 1. The van der Waals surface area contributed by atoms with Crippen LogP contribution in [0.3, 0.4) is 0 Å². The lowest BCUT2D eigenvalue weighted by molar-refractivity contribution is -0.164. The summed E-state index contributed by atoms with van der Waals surface area (Å²) in [6, 6.07) is 9.35. The van der Waals surface area contributed by atoms with Crippen molar-refractivity contribution in [2.45, 2.75) is 32.8 Å². The maximum absolute atomic E-state index is 12.4.